The van der Waals surface area contributed by atoms with Gasteiger partial charge in [-0.1, -0.05) is 31.2 Å². The van der Waals surface area contributed by atoms with E-state index in [-0.39, 0.29) is 12.4 Å². The molecule has 0 fully saturated rings. The summed E-state index contributed by atoms with van der Waals surface area (Å²) in [6.45, 7) is 2.36. The molecule has 0 bridgehead atoms. The number of hydrogen-bond acceptors (Lipinski definition) is 2. The summed E-state index contributed by atoms with van der Waals surface area (Å²) in [4.78, 5) is 0. The van der Waals surface area contributed by atoms with Gasteiger partial charge < -0.3 is 9.47 Å². The molecule has 0 amide bonds. The van der Waals surface area contributed by atoms with Crippen molar-refractivity contribution in [1.29, 1.82) is 0 Å². The molecular formula is C16H15F3O2. The number of hydrogen-bond donors (Lipinski definition) is 0. The average Bonchev–Trinajstić information content (AvgIpc) is 2.45. The Bertz CT molecular complexity index is 560. The summed E-state index contributed by atoms with van der Waals surface area (Å²) in [5, 5.41) is 0. The third-order valence-electron chi connectivity index (χ3n) is 2.89. The maximum atomic E-state index is 12.0. The lowest BCUT2D eigenvalue weighted by Crippen LogP contribution is -2.17. The molecule has 2 aromatic carbocycles. The van der Waals surface area contributed by atoms with Crippen molar-refractivity contribution in [3.63, 3.8) is 0 Å². The highest BCUT2D eigenvalue weighted by Gasteiger charge is 2.30. The van der Waals surface area contributed by atoms with Gasteiger partial charge in [0.25, 0.3) is 0 Å². The summed E-state index contributed by atoms with van der Waals surface area (Å²) in [5.41, 5.74) is 1.99. The van der Waals surface area contributed by atoms with Crippen LogP contribution in [0.15, 0.2) is 48.5 Å². The average molecular weight is 296 g/mol. The Morgan fingerprint density at radius 2 is 1.33 bits per heavy atom. The topological polar surface area (TPSA) is 18.5 Å². The summed E-state index contributed by atoms with van der Waals surface area (Å²) in [6, 6.07) is 13.3. The SMILES string of the molecule is CCc1ccc(OCc2ccc(OC(F)(F)F)cc2)cc1. The summed E-state index contributed by atoms with van der Waals surface area (Å²) < 4.78 is 45.5. The first-order valence-electron chi connectivity index (χ1n) is 6.52. The molecule has 0 aliphatic rings. The highest BCUT2D eigenvalue weighted by atomic mass is 19.4. The monoisotopic (exact) mass is 296 g/mol. The van der Waals surface area contributed by atoms with Gasteiger partial charge in [-0.25, -0.2) is 0 Å². The standard InChI is InChI=1S/C16H15F3O2/c1-2-12-3-7-14(8-4-12)20-11-13-5-9-15(10-6-13)21-16(17,18)19/h3-10H,2,11H2,1H3. The molecule has 0 N–H and O–H groups in total. The van der Waals surface area contributed by atoms with Gasteiger partial charge in [0.05, 0.1) is 0 Å². The van der Waals surface area contributed by atoms with E-state index < -0.39 is 6.36 Å². The highest BCUT2D eigenvalue weighted by Crippen LogP contribution is 2.23. The number of aryl methyl sites for hydroxylation is 1. The van der Waals surface area contributed by atoms with Gasteiger partial charge in [-0.2, -0.15) is 0 Å². The molecule has 112 valence electrons. The molecule has 2 nitrogen and oxygen atoms in total. The number of halogens is 3. The molecule has 2 rings (SSSR count). The number of alkyl halides is 3. The van der Waals surface area contributed by atoms with Crippen LogP contribution in [0.4, 0.5) is 13.2 Å². The molecule has 0 atom stereocenters. The fourth-order valence-corrected chi connectivity index (χ4v) is 1.78. The van der Waals surface area contributed by atoms with Gasteiger partial charge in [0, 0.05) is 0 Å². The van der Waals surface area contributed by atoms with E-state index in [0.29, 0.717) is 0 Å². The predicted octanol–water partition coefficient (Wildman–Crippen LogP) is 4.73. The van der Waals surface area contributed by atoms with Gasteiger partial charge in [-0.05, 0) is 41.8 Å². The van der Waals surface area contributed by atoms with Crippen LogP contribution in [0.25, 0.3) is 0 Å². The van der Waals surface area contributed by atoms with Crippen LogP contribution in [0, 0.1) is 0 Å². The molecule has 0 radical (unpaired) electrons. The van der Waals surface area contributed by atoms with E-state index in [4.69, 9.17) is 4.74 Å². The summed E-state index contributed by atoms with van der Waals surface area (Å²) in [7, 11) is 0. The number of benzene rings is 2. The van der Waals surface area contributed by atoms with E-state index in [1.54, 1.807) is 12.1 Å². The molecule has 0 unspecified atom stereocenters. The van der Waals surface area contributed by atoms with Crippen molar-refractivity contribution in [3.8, 4) is 11.5 Å². The quantitative estimate of drug-likeness (QED) is 0.794. The molecule has 21 heavy (non-hydrogen) atoms. The first kappa shape index (κ1) is 15.2. The third kappa shape index (κ3) is 5.02. The van der Waals surface area contributed by atoms with Crippen LogP contribution in [-0.2, 0) is 13.0 Å². The number of rotatable bonds is 5. The second-order valence-corrected chi connectivity index (χ2v) is 4.48. The van der Waals surface area contributed by atoms with Crippen LogP contribution in [0.5, 0.6) is 11.5 Å². The highest BCUT2D eigenvalue weighted by molar-refractivity contribution is 5.29. The molecule has 0 aliphatic carbocycles. The van der Waals surface area contributed by atoms with E-state index in [0.717, 1.165) is 17.7 Å². The second kappa shape index (κ2) is 6.52. The molecule has 5 heteroatoms. The number of ether oxygens (including phenoxy) is 2. The summed E-state index contributed by atoms with van der Waals surface area (Å²) in [6.07, 6.45) is -3.71. The first-order valence-corrected chi connectivity index (χ1v) is 6.52. The van der Waals surface area contributed by atoms with E-state index >= 15 is 0 Å². The Kier molecular flexibility index (Phi) is 4.73. The van der Waals surface area contributed by atoms with Crippen molar-refractivity contribution >= 4 is 0 Å². The smallest absolute Gasteiger partial charge is 0.489 e. The minimum atomic E-state index is -4.67. The minimum Gasteiger partial charge on any atom is -0.489 e. The van der Waals surface area contributed by atoms with E-state index in [2.05, 4.69) is 11.7 Å². The van der Waals surface area contributed by atoms with Crippen molar-refractivity contribution in [2.45, 2.75) is 26.3 Å². The zero-order chi connectivity index (χ0) is 15.3. The molecular weight excluding hydrogens is 281 g/mol. The molecule has 0 heterocycles. The van der Waals surface area contributed by atoms with Crippen LogP contribution in [0.1, 0.15) is 18.1 Å². The van der Waals surface area contributed by atoms with Gasteiger partial charge in [0.15, 0.2) is 0 Å². The second-order valence-electron chi connectivity index (χ2n) is 4.48. The molecule has 0 aliphatic heterocycles. The zero-order valence-electron chi connectivity index (χ0n) is 11.5. The maximum absolute atomic E-state index is 12.0. The zero-order valence-corrected chi connectivity index (χ0v) is 11.5. The van der Waals surface area contributed by atoms with Gasteiger partial charge in [0.1, 0.15) is 18.1 Å². The molecule has 0 aromatic heterocycles. The van der Waals surface area contributed by atoms with E-state index in [9.17, 15) is 13.2 Å². The molecule has 0 saturated heterocycles. The fourth-order valence-electron chi connectivity index (χ4n) is 1.78. The Balaban J connectivity index is 1.91. The first-order chi connectivity index (χ1) is 9.96. The van der Waals surface area contributed by atoms with Crippen molar-refractivity contribution in [2.75, 3.05) is 0 Å². The molecule has 2 aromatic rings. The van der Waals surface area contributed by atoms with Crippen LogP contribution < -0.4 is 9.47 Å². The van der Waals surface area contributed by atoms with Gasteiger partial charge in [-0.15, -0.1) is 13.2 Å². The van der Waals surface area contributed by atoms with Gasteiger partial charge >= 0.3 is 6.36 Å². The van der Waals surface area contributed by atoms with Crippen LogP contribution in [-0.4, -0.2) is 6.36 Å². The van der Waals surface area contributed by atoms with E-state index in [1.807, 2.05) is 24.3 Å². The van der Waals surface area contributed by atoms with Crippen LogP contribution in [0.2, 0.25) is 0 Å². The van der Waals surface area contributed by atoms with Crippen molar-refractivity contribution in [1.82, 2.24) is 0 Å². The minimum absolute atomic E-state index is 0.237. The Morgan fingerprint density at radius 1 is 0.810 bits per heavy atom. The lowest BCUT2D eigenvalue weighted by molar-refractivity contribution is -0.274. The van der Waals surface area contributed by atoms with Crippen LogP contribution in [0.3, 0.4) is 0 Å². The summed E-state index contributed by atoms with van der Waals surface area (Å²) >= 11 is 0. The normalized spacial score (nSPS) is 11.2. The largest absolute Gasteiger partial charge is 0.573 e. The third-order valence-corrected chi connectivity index (χ3v) is 2.89. The Morgan fingerprint density at radius 3 is 1.86 bits per heavy atom. The van der Waals surface area contributed by atoms with Gasteiger partial charge in [-0.3, -0.25) is 0 Å². The Labute approximate surface area is 121 Å². The van der Waals surface area contributed by atoms with Crippen molar-refractivity contribution in [3.05, 3.63) is 59.7 Å². The van der Waals surface area contributed by atoms with Crippen molar-refractivity contribution in [2.24, 2.45) is 0 Å². The van der Waals surface area contributed by atoms with Crippen molar-refractivity contribution < 1.29 is 22.6 Å². The predicted molar refractivity (Wildman–Crippen MR) is 73.3 cm³/mol. The fraction of sp³-hybridized carbons (Fsp3) is 0.250. The lowest BCUT2D eigenvalue weighted by atomic mass is 10.2. The Hall–Kier alpha value is -2.17. The maximum Gasteiger partial charge on any atom is 0.573 e. The molecule has 0 spiro atoms. The molecule has 0 saturated carbocycles. The summed E-state index contributed by atoms with van der Waals surface area (Å²) in [5.74, 6) is 0.487. The van der Waals surface area contributed by atoms with Gasteiger partial charge in [0.2, 0.25) is 0 Å². The lowest BCUT2D eigenvalue weighted by Gasteiger charge is -2.10. The van der Waals surface area contributed by atoms with Crippen LogP contribution >= 0.6 is 0 Å². The van der Waals surface area contributed by atoms with E-state index in [1.165, 1.54) is 17.7 Å².